The Bertz CT molecular complexity index is 723. The molecule has 0 radical (unpaired) electrons. The molecule has 9 nitrogen and oxygen atoms in total. The second-order valence-corrected chi connectivity index (χ2v) is 4.74. The summed E-state index contributed by atoms with van der Waals surface area (Å²) < 4.78 is 0. The van der Waals surface area contributed by atoms with Gasteiger partial charge in [0, 0.05) is 37.2 Å². The summed E-state index contributed by atoms with van der Waals surface area (Å²) in [7, 11) is 0. The molecular formula is C17H15N9. The Morgan fingerprint density at radius 1 is 0.500 bits per heavy atom. The van der Waals surface area contributed by atoms with Crippen molar-refractivity contribution >= 4 is 23.3 Å². The average molecular weight is 345 g/mol. The highest BCUT2D eigenvalue weighted by atomic mass is 15.1. The molecule has 0 spiro atoms. The predicted octanol–water partition coefficient (Wildman–Crippen LogP) is 2.63. The molecule has 0 aromatic carbocycles. The Labute approximate surface area is 149 Å². The van der Waals surface area contributed by atoms with Crippen LogP contribution in [0.1, 0.15) is 0 Å². The number of anilines is 4. The van der Waals surface area contributed by atoms with Gasteiger partial charge in [0.15, 0.2) is 0 Å². The van der Waals surface area contributed by atoms with Crippen molar-refractivity contribution in [3.05, 3.63) is 80.2 Å². The van der Waals surface area contributed by atoms with Crippen LogP contribution in [0.3, 0.4) is 0 Å². The molecule has 0 amide bonds. The van der Waals surface area contributed by atoms with E-state index in [0.717, 1.165) is 5.82 Å². The maximum Gasteiger partial charge on any atom is 0.150 e. The molecule has 2 N–H and O–H groups in total. The first-order valence-corrected chi connectivity index (χ1v) is 7.63. The lowest BCUT2D eigenvalue weighted by atomic mass is 10.4. The van der Waals surface area contributed by atoms with Crippen molar-refractivity contribution in [2.45, 2.75) is 0 Å². The van der Waals surface area contributed by atoms with Gasteiger partial charge in [0.2, 0.25) is 0 Å². The summed E-state index contributed by atoms with van der Waals surface area (Å²) in [6, 6.07) is 7.40. The smallest absolute Gasteiger partial charge is 0.150 e. The van der Waals surface area contributed by atoms with E-state index in [9.17, 15) is 0 Å². The van der Waals surface area contributed by atoms with E-state index in [-0.39, 0.29) is 0 Å². The highest BCUT2D eigenvalue weighted by Crippen LogP contribution is 2.08. The van der Waals surface area contributed by atoms with Crippen LogP contribution in [-0.2, 0) is 0 Å². The number of nitrogens with zero attached hydrogens (tertiary/aromatic N) is 7. The highest BCUT2D eigenvalue weighted by molar-refractivity contribution is 5.49. The summed E-state index contributed by atoms with van der Waals surface area (Å²) >= 11 is 0. The monoisotopic (exact) mass is 345 g/mol. The largest absolute Gasteiger partial charge is 0.324 e. The van der Waals surface area contributed by atoms with Crippen LogP contribution in [0.25, 0.3) is 0 Å². The third-order valence-electron chi connectivity index (χ3n) is 2.89. The lowest BCUT2D eigenvalue weighted by molar-refractivity contribution is 1.14. The number of aromatic nitrogens is 7. The van der Waals surface area contributed by atoms with Crippen molar-refractivity contribution in [1.29, 1.82) is 0 Å². The number of pyridine rings is 1. The van der Waals surface area contributed by atoms with Gasteiger partial charge < -0.3 is 10.6 Å². The molecule has 0 atom stereocenters. The molecule has 0 saturated carbocycles. The summed E-state index contributed by atoms with van der Waals surface area (Å²) in [5, 5.41) is 6.00. The standard InChI is InChI=1S/C9H8N4.C8H7N5/c1-2-4-11-8(3-1)13-9-7-10-5-6-12-9;1-2-10-6-12-7(1)13-8-5-9-3-4-11-8/h1-7H,(H,11,12,13);1-6H,(H,10,11,12,13). The van der Waals surface area contributed by atoms with Crippen molar-refractivity contribution in [1.82, 2.24) is 34.9 Å². The zero-order chi connectivity index (χ0) is 17.9. The molecule has 0 aliphatic heterocycles. The molecule has 9 heteroatoms. The van der Waals surface area contributed by atoms with Crippen LogP contribution >= 0.6 is 0 Å². The Morgan fingerprint density at radius 2 is 1.15 bits per heavy atom. The fourth-order valence-corrected chi connectivity index (χ4v) is 1.79. The van der Waals surface area contributed by atoms with Crippen LogP contribution in [0, 0.1) is 0 Å². The van der Waals surface area contributed by atoms with Gasteiger partial charge in [-0.3, -0.25) is 9.97 Å². The van der Waals surface area contributed by atoms with Crippen LogP contribution in [0.15, 0.2) is 80.2 Å². The van der Waals surface area contributed by atoms with Crippen LogP contribution in [0.5, 0.6) is 0 Å². The van der Waals surface area contributed by atoms with Crippen LogP contribution in [-0.4, -0.2) is 34.9 Å². The third kappa shape index (κ3) is 5.57. The van der Waals surface area contributed by atoms with Crippen LogP contribution in [0.4, 0.5) is 23.3 Å². The Hall–Kier alpha value is -4.01. The molecule has 0 aliphatic carbocycles. The van der Waals surface area contributed by atoms with E-state index >= 15 is 0 Å². The second kappa shape index (κ2) is 9.33. The van der Waals surface area contributed by atoms with E-state index in [4.69, 9.17) is 0 Å². The van der Waals surface area contributed by atoms with Gasteiger partial charge in [0.1, 0.15) is 29.6 Å². The van der Waals surface area contributed by atoms with E-state index in [1.165, 1.54) is 6.33 Å². The third-order valence-corrected chi connectivity index (χ3v) is 2.89. The van der Waals surface area contributed by atoms with Crippen LogP contribution in [0.2, 0.25) is 0 Å². The number of hydrogen-bond acceptors (Lipinski definition) is 9. The van der Waals surface area contributed by atoms with Crippen LogP contribution < -0.4 is 10.6 Å². The van der Waals surface area contributed by atoms with Crippen molar-refractivity contribution in [3.63, 3.8) is 0 Å². The summed E-state index contributed by atoms with van der Waals surface area (Å²) in [4.78, 5) is 27.8. The van der Waals surface area contributed by atoms with Gasteiger partial charge in [-0.25, -0.2) is 24.9 Å². The topological polar surface area (TPSA) is 114 Å². The normalized spacial score (nSPS) is 9.54. The fraction of sp³-hybridized carbons (Fsp3) is 0. The molecule has 0 aliphatic rings. The molecule has 26 heavy (non-hydrogen) atoms. The maximum absolute atomic E-state index is 4.10. The minimum atomic E-state index is 0.668. The SMILES string of the molecule is c1cc(Nc2cnccn2)ncn1.c1ccc(Nc2cnccn2)nc1. The molecule has 4 aromatic rings. The summed E-state index contributed by atoms with van der Waals surface area (Å²) in [5.41, 5.74) is 0. The lowest BCUT2D eigenvalue weighted by Gasteiger charge is -2.01. The Balaban J connectivity index is 0.000000151. The predicted molar refractivity (Wildman–Crippen MR) is 96.9 cm³/mol. The van der Waals surface area contributed by atoms with Gasteiger partial charge in [-0.05, 0) is 18.2 Å². The van der Waals surface area contributed by atoms with Crippen molar-refractivity contribution < 1.29 is 0 Å². The molecule has 128 valence electrons. The number of nitrogens with one attached hydrogen (secondary N) is 2. The Kier molecular flexibility index (Phi) is 6.04. The molecule has 4 rings (SSSR count). The molecule has 0 bridgehead atoms. The van der Waals surface area contributed by atoms with Crippen molar-refractivity contribution in [3.8, 4) is 0 Å². The van der Waals surface area contributed by atoms with Crippen molar-refractivity contribution in [2.24, 2.45) is 0 Å². The highest BCUT2D eigenvalue weighted by Gasteiger charge is 1.94. The summed E-state index contributed by atoms with van der Waals surface area (Å²) in [5.74, 6) is 2.83. The zero-order valence-corrected chi connectivity index (χ0v) is 13.6. The van der Waals surface area contributed by atoms with E-state index in [0.29, 0.717) is 17.5 Å². The molecule has 4 aromatic heterocycles. The van der Waals surface area contributed by atoms with E-state index < -0.39 is 0 Å². The van der Waals surface area contributed by atoms with Crippen molar-refractivity contribution in [2.75, 3.05) is 10.6 Å². The average Bonchev–Trinajstić information content (AvgIpc) is 2.72. The molecule has 0 fully saturated rings. The first kappa shape index (κ1) is 16.8. The molecule has 4 heterocycles. The zero-order valence-electron chi connectivity index (χ0n) is 13.6. The van der Waals surface area contributed by atoms with Gasteiger partial charge in [-0.2, -0.15) is 0 Å². The molecular weight excluding hydrogens is 330 g/mol. The van der Waals surface area contributed by atoms with E-state index in [1.807, 2.05) is 18.2 Å². The molecule has 0 unspecified atom stereocenters. The quantitative estimate of drug-likeness (QED) is 0.576. The summed E-state index contributed by atoms with van der Waals surface area (Å²) in [6.45, 7) is 0. The number of rotatable bonds is 4. The Morgan fingerprint density at radius 3 is 1.65 bits per heavy atom. The minimum absolute atomic E-state index is 0.668. The van der Waals surface area contributed by atoms with Gasteiger partial charge in [0.05, 0.1) is 12.4 Å². The lowest BCUT2D eigenvalue weighted by Crippen LogP contribution is -1.95. The minimum Gasteiger partial charge on any atom is -0.324 e. The van der Waals surface area contributed by atoms with Gasteiger partial charge in [-0.15, -0.1) is 0 Å². The number of hydrogen-bond donors (Lipinski definition) is 2. The van der Waals surface area contributed by atoms with Gasteiger partial charge in [0.25, 0.3) is 0 Å². The molecule has 0 saturated heterocycles. The fourth-order valence-electron chi connectivity index (χ4n) is 1.79. The first-order valence-electron chi connectivity index (χ1n) is 7.63. The summed E-state index contributed by atoms with van der Waals surface area (Å²) in [6.07, 6.45) is 14.6. The maximum atomic E-state index is 4.10. The second-order valence-electron chi connectivity index (χ2n) is 4.74. The first-order chi connectivity index (χ1) is 12.9. The van der Waals surface area contributed by atoms with E-state index in [2.05, 4.69) is 45.5 Å². The van der Waals surface area contributed by atoms with E-state index in [1.54, 1.807) is 55.6 Å². The van der Waals surface area contributed by atoms with Gasteiger partial charge >= 0.3 is 0 Å². The van der Waals surface area contributed by atoms with Gasteiger partial charge in [-0.1, -0.05) is 6.07 Å².